The molecule has 0 aromatic rings. The van der Waals surface area contributed by atoms with Gasteiger partial charge < -0.3 is 9.47 Å². The summed E-state index contributed by atoms with van der Waals surface area (Å²) in [6.07, 6.45) is 4.77. The number of hydrogen-bond donors (Lipinski definition) is 0. The van der Waals surface area contributed by atoms with Gasteiger partial charge in [0.15, 0.2) is 5.78 Å². The van der Waals surface area contributed by atoms with Gasteiger partial charge in [-0.3, -0.25) is 9.59 Å². The summed E-state index contributed by atoms with van der Waals surface area (Å²) in [5, 5.41) is 0. The highest BCUT2D eigenvalue weighted by atomic mass is 16.5. The van der Waals surface area contributed by atoms with E-state index in [9.17, 15) is 9.59 Å². The van der Waals surface area contributed by atoms with Gasteiger partial charge in [-0.05, 0) is 25.7 Å². The zero-order valence-electron chi connectivity index (χ0n) is 9.87. The van der Waals surface area contributed by atoms with Gasteiger partial charge in [-0.2, -0.15) is 0 Å². The largest absolute Gasteiger partial charge is 0.466 e. The summed E-state index contributed by atoms with van der Waals surface area (Å²) in [5.41, 5.74) is 0. The van der Waals surface area contributed by atoms with Gasteiger partial charge in [0.1, 0.15) is 13.0 Å². The van der Waals surface area contributed by atoms with Gasteiger partial charge in [-0.25, -0.2) is 0 Å². The zero-order valence-corrected chi connectivity index (χ0v) is 9.87. The summed E-state index contributed by atoms with van der Waals surface area (Å²) >= 11 is 0. The van der Waals surface area contributed by atoms with Crippen LogP contribution in [0.2, 0.25) is 0 Å². The van der Waals surface area contributed by atoms with Gasteiger partial charge in [-0.15, -0.1) is 0 Å². The van der Waals surface area contributed by atoms with E-state index in [0.717, 1.165) is 0 Å². The normalized spacial score (nSPS) is 16.3. The summed E-state index contributed by atoms with van der Waals surface area (Å²) in [5.74, 6) is -0.0520. The average Bonchev–Trinajstić information content (AvgIpc) is 2.70. The standard InChI is InChI=1S/C12H20O4/c1-2-16-12(14)7-11(13)9-15-8-10-5-3-4-6-10/h10H,2-9H2,1H3. The fraction of sp³-hybridized carbons (Fsp3) is 0.833. The molecule has 0 radical (unpaired) electrons. The van der Waals surface area contributed by atoms with Gasteiger partial charge in [0, 0.05) is 6.61 Å². The van der Waals surface area contributed by atoms with Crippen molar-refractivity contribution in [2.75, 3.05) is 19.8 Å². The molecule has 0 amide bonds. The number of esters is 1. The molecule has 1 aliphatic carbocycles. The summed E-state index contributed by atoms with van der Waals surface area (Å²) in [7, 11) is 0. The van der Waals surface area contributed by atoms with Crippen LogP contribution in [0.3, 0.4) is 0 Å². The van der Waals surface area contributed by atoms with Gasteiger partial charge in [0.25, 0.3) is 0 Å². The number of carbonyl (C=O) groups excluding carboxylic acids is 2. The van der Waals surface area contributed by atoms with E-state index >= 15 is 0 Å². The Hall–Kier alpha value is -0.900. The molecule has 16 heavy (non-hydrogen) atoms. The van der Waals surface area contributed by atoms with Crippen LogP contribution in [0.1, 0.15) is 39.0 Å². The lowest BCUT2D eigenvalue weighted by Gasteiger charge is -2.08. The Bertz CT molecular complexity index is 231. The van der Waals surface area contributed by atoms with Crippen LogP contribution in [0.4, 0.5) is 0 Å². The van der Waals surface area contributed by atoms with E-state index in [2.05, 4.69) is 4.74 Å². The molecule has 1 saturated carbocycles. The Labute approximate surface area is 96.3 Å². The van der Waals surface area contributed by atoms with Crippen LogP contribution >= 0.6 is 0 Å². The van der Waals surface area contributed by atoms with Crippen LogP contribution in [0.5, 0.6) is 0 Å². The minimum atomic E-state index is -0.461. The Kier molecular flexibility index (Phi) is 6.08. The highest BCUT2D eigenvalue weighted by Gasteiger charge is 2.16. The minimum absolute atomic E-state index is 0.0370. The van der Waals surface area contributed by atoms with Crippen molar-refractivity contribution in [3.8, 4) is 0 Å². The Morgan fingerprint density at radius 3 is 2.56 bits per heavy atom. The molecule has 0 aromatic carbocycles. The van der Waals surface area contributed by atoms with Gasteiger partial charge in [0.05, 0.1) is 6.61 Å². The molecule has 0 aliphatic heterocycles. The maximum Gasteiger partial charge on any atom is 0.313 e. The molecule has 0 unspecified atom stereocenters. The van der Waals surface area contributed by atoms with Crippen LogP contribution in [0.25, 0.3) is 0 Å². The number of Topliss-reactive ketones (excluding diaryl/α,β-unsaturated/α-hetero) is 1. The first-order valence-electron chi connectivity index (χ1n) is 5.97. The third-order valence-electron chi connectivity index (χ3n) is 2.74. The van der Waals surface area contributed by atoms with Crippen LogP contribution < -0.4 is 0 Å². The smallest absolute Gasteiger partial charge is 0.313 e. The first-order valence-corrected chi connectivity index (χ1v) is 5.97. The van der Waals surface area contributed by atoms with E-state index in [4.69, 9.17) is 4.74 Å². The second kappa shape index (κ2) is 7.39. The topological polar surface area (TPSA) is 52.6 Å². The highest BCUT2D eigenvalue weighted by molar-refractivity contribution is 5.96. The third-order valence-corrected chi connectivity index (χ3v) is 2.74. The van der Waals surface area contributed by atoms with Crippen molar-refractivity contribution in [1.82, 2.24) is 0 Å². The van der Waals surface area contributed by atoms with E-state index in [1.807, 2.05) is 0 Å². The summed E-state index contributed by atoms with van der Waals surface area (Å²) in [4.78, 5) is 22.3. The molecule has 1 fully saturated rings. The predicted octanol–water partition coefficient (Wildman–Crippen LogP) is 1.72. The van der Waals surface area contributed by atoms with Crippen molar-refractivity contribution in [2.24, 2.45) is 5.92 Å². The van der Waals surface area contributed by atoms with Crippen LogP contribution in [-0.2, 0) is 19.1 Å². The number of carbonyl (C=O) groups is 2. The molecule has 0 N–H and O–H groups in total. The Morgan fingerprint density at radius 1 is 1.25 bits per heavy atom. The SMILES string of the molecule is CCOC(=O)CC(=O)COCC1CCCC1. The second-order valence-corrected chi connectivity index (χ2v) is 4.19. The predicted molar refractivity (Wildman–Crippen MR) is 59.0 cm³/mol. The molecule has 92 valence electrons. The van der Waals surface area contributed by atoms with E-state index in [0.29, 0.717) is 19.1 Å². The molecule has 4 heteroatoms. The van der Waals surface area contributed by atoms with Crippen molar-refractivity contribution in [2.45, 2.75) is 39.0 Å². The molecule has 0 aromatic heterocycles. The quantitative estimate of drug-likeness (QED) is 0.491. The van der Waals surface area contributed by atoms with Crippen molar-refractivity contribution in [3.63, 3.8) is 0 Å². The molecule has 1 aliphatic rings. The average molecular weight is 228 g/mol. The fourth-order valence-corrected chi connectivity index (χ4v) is 1.94. The number of rotatable bonds is 7. The fourth-order valence-electron chi connectivity index (χ4n) is 1.94. The Morgan fingerprint density at radius 2 is 1.94 bits per heavy atom. The molecule has 0 bridgehead atoms. The number of hydrogen-bond acceptors (Lipinski definition) is 4. The zero-order chi connectivity index (χ0) is 11.8. The lowest BCUT2D eigenvalue weighted by molar-refractivity contribution is -0.146. The first kappa shape index (κ1) is 13.2. The molecule has 0 spiro atoms. The highest BCUT2D eigenvalue weighted by Crippen LogP contribution is 2.24. The van der Waals surface area contributed by atoms with Gasteiger partial charge in [0.2, 0.25) is 0 Å². The number of ether oxygens (including phenoxy) is 2. The van der Waals surface area contributed by atoms with E-state index < -0.39 is 5.97 Å². The van der Waals surface area contributed by atoms with Crippen molar-refractivity contribution in [3.05, 3.63) is 0 Å². The Balaban J connectivity index is 2.03. The van der Waals surface area contributed by atoms with Crippen molar-refractivity contribution < 1.29 is 19.1 Å². The first-order chi connectivity index (χ1) is 7.72. The van der Waals surface area contributed by atoms with E-state index in [1.165, 1.54) is 25.7 Å². The maximum atomic E-state index is 11.3. The lowest BCUT2D eigenvalue weighted by Crippen LogP contribution is -2.17. The molecule has 0 heterocycles. The van der Waals surface area contributed by atoms with Gasteiger partial charge in [-0.1, -0.05) is 12.8 Å². The molecule has 1 rings (SSSR count). The summed E-state index contributed by atoms with van der Waals surface area (Å²) in [6.45, 7) is 2.72. The van der Waals surface area contributed by atoms with Crippen LogP contribution in [0, 0.1) is 5.92 Å². The van der Waals surface area contributed by atoms with Crippen molar-refractivity contribution >= 4 is 11.8 Å². The monoisotopic (exact) mass is 228 g/mol. The van der Waals surface area contributed by atoms with Crippen LogP contribution in [0.15, 0.2) is 0 Å². The maximum absolute atomic E-state index is 11.3. The minimum Gasteiger partial charge on any atom is -0.466 e. The molecular formula is C12H20O4. The molecule has 4 nitrogen and oxygen atoms in total. The van der Waals surface area contributed by atoms with Crippen molar-refractivity contribution in [1.29, 1.82) is 0 Å². The third kappa shape index (κ3) is 5.26. The molecule has 0 saturated heterocycles. The molecule has 0 atom stereocenters. The van der Waals surface area contributed by atoms with Gasteiger partial charge >= 0.3 is 5.97 Å². The van der Waals surface area contributed by atoms with E-state index in [1.54, 1.807) is 6.92 Å². The lowest BCUT2D eigenvalue weighted by atomic mass is 10.1. The molecular weight excluding hydrogens is 208 g/mol. The van der Waals surface area contributed by atoms with E-state index in [-0.39, 0.29) is 18.8 Å². The van der Waals surface area contributed by atoms with Crippen LogP contribution in [-0.4, -0.2) is 31.6 Å². The number of ketones is 1. The summed E-state index contributed by atoms with van der Waals surface area (Å²) < 4.78 is 9.98. The second-order valence-electron chi connectivity index (χ2n) is 4.19. The summed E-state index contributed by atoms with van der Waals surface area (Å²) in [6, 6.07) is 0.